The van der Waals surface area contributed by atoms with Crippen molar-refractivity contribution in [3.63, 3.8) is 0 Å². The number of hydrogen-bond acceptors (Lipinski definition) is 6. The van der Waals surface area contributed by atoms with Crippen molar-refractivity contribution in [2.24, 2.45) is 0 Å². The SMILES string of the molecule is Cc1cc(S(=O)(=O)N2CCC(c3noc(COCc4ccccc4)n3)CC2)ccc1F. The topological polar surface area (TPSA) is 85.5 Å². The van der Waals surface area contributed by atoms with Crippen LogP contribution in [-0.2, 0) is 28.0 Å². The standard InChI is InChI=1S/C22H24FN3O4S/c1-16-13-19(7-8-20(16)23)31(27,28)26-11-9-18(10-12-26)22-24-21(30-25-22)15-29-14-17-5-3-2-4-6-17/h2-8,13,18H,9-12,14-15H2,1H3. The zero-order chi connectivity index (χ0) is 21.8. The summed E-state index contributed by atoms with van der Waals surface area (Å²) in [6.45, 7) is 2.92. The summed E-state index contributed by atoms with van der Waals surface area (Å²) in [5.74, 6) is 0.585. The number of aromatic nitrogens is 2. The Labute approximate surface area is 180 Å². The second kappa shape index (κ2) is 9.25. The number of rotatable bonds is 7. The van der Waals surface area contributed by atoms with Crippen molar-refractivity contribution < 1.29 is 22.1 Å². The molecule has 1 fully saturated rings. The van der Waals surface area contributed by atoms with E-state index in [0.29, 0.717) is 49.8 Å². The summed E-state index contributed by atoms with van der Waals surface area (Å²) in [4.78, 5) is 4.53. The van der Waals surface area contributed by atoms with Crippen LogP contribution in [0.15, 0.2) is 57.9 Å². The fraction of sp³-hybridized carbons (Fsp3) is 0.364. The van der Waals surface area contributed by atoms with E-state index in [9.17, 15) is 12.8 Å². The number of sulfonamides is 1. The second-order valence-electron chi connectivity index (χ2n) is 7.61. The van der Waals surface area contributed by atoms with Gasteiger partial charge < -0.3 is 9.26 Å². The van der Waals surface area contributed by atoms with Crippen LogP contribution in [0.5, 0.6) is 0 Å². The Morgan fingerprint density at radius 3 is 2.58 bits per heavy atom. The highest BCUT2D eigenvalue weighted by Gasteiger charge is 2.32. The number of ether oxygens (including phenoxy) is 1. The van der Waals surface area contributed by atoms with Crippen molar-refractivity contribution in [3.8, 4) is 0 Å². The fourth-order valence-corrected chi connectivity index (χ4v) is 5.16. The lowest BCUT2D eigenvalue weighted by Crippen LogP contribution is -2.38. The minimum atomic E-state index is -3.66. The van der Waals surface area contributed by atoms with E-state index in [-0.39, 0.29) is 17.4 Å². The molecule has 2 heterocycles. The Kier molecular flexibility index (Phi) is 6.45. The number of nitrogens with zero attached hydrogens (tertiary/aromatic N) is 3. The Hall–Kier alpha value is -2.62. The zero-order valence-electron chi connectivity index (χ0n) is 17.2. The van der Waals surface area contributed by atoms with Gasteiger partial charge >= 0.3 is 0 Å². The first-order chi connectivity index (χ1) is 14.9. The predicted octanol–water partition coefficient (Wildman–Crippen LogP) is 3.80. The molecule has 0 aliphatic carbocycles. The summed E-state index contributed by atoms with van der Waals surface area (Å²) < 4.78 is 51.6. The fourth-order valence-electron chi connectivity index (χ4n) is 3.60. The summed E-state index contributed by atoms with van der Waals surface area (Å²) in [5, 5.41) is 4.06. The molecular weight excluding hydrogens is 421 g/mol. The van der Waals surface area contributed by atoms with Crippen LogP contribution in [0, 0.1) is 12.7 Å². The van der Waals surface area contributed by atoms with Gasteiger partial charge in [-0.05, 0) is 49.1 Å². The minimum Gasteiger partial charge on any atom is -0.367 e. The first-order valence-corrected chi connectivity index (χ1v) is 11.6. The third kappa shape index (κ3) is 5.00. The number of hydrogen-bond donors (Lipinski definition) is 0. The summed E-state index contributed by atoms with van der Waals surface area (Å²) >= 11 is 0. The van der Waals surface area contributed by atoms with Crippen LogP contribution in [0.4, 0.5) is 4.39 Å². The van der Waals surface area contributed by atoms with E-state index in [2.05, 4.69) is 10.1 Å². The molecule has 31 heavy (non-hydrogen) atoms. The van der Waals surface area contributed by atoms with Crippen molar-refractivity contribution in [2.45, 2.75) is 43.8 Å². The lowest BCUT2D eigenvalue weighted by molar-refractivity contribution is 0.0850. The molecule has 7 nitrogen and oxygen atoms in total. The first kappa shape index (κ1) is 21.6. The van der Waals surface area contributed by atoms with Gasteiger partial charge in [0.05, 0.1) is 11.5 Å². The molecule has 1 aliphatic heterocycles. The molecule has 9 heteroatoms. The van der Waals surface area contributed by atoms with Crippen molar-refractivity contribution in [1.29, 1.82) is 0 Å². The Bertz CT molecular complexity index is 1130. The van der Waals surface area contributed by atoms with Gasteiger partial charge in [0.2, 0.25) is 10.0 Å². The molecule has 2 aromatic carbocycles. The maximum atomic E-state index is 13.5. The molecule has 1 aliphatic rings. The van der Waals surface area contributed by atoms with E-state index < -0.39 is 15.8 Å². The molecule has 1 saturated heterocycles. The van der Waals surface area contributed by atoms with Gasteiger partial charge in [0.1, 0.15) is 12.4 Å². The van der Waals surface area contributed by atoms with Gasteiger partial charge in [-0.2, -0.15) is 9.29 Å². The highest BCUT2D eigenvalue weighted by Crippen LogP contribution is 2.29. The van der Waals surface area contributed by atoms with Crippen LogP contribution in [0.3, 0.4) is 0 Å². The van der Waals surface area contributed by atoms with Crippen LogP contribution in [0.1, 0.15) is 41.6 Å². The first-order valence-electron chi connectivity index (χ1n) is 10.1. The maximum absolute atomic E-state index is 13.5. The third-order valence-electron chi connectivity index (χ3n) is 5.41. The highest BCUT2D eigenvalue weighted by molar-refractivity contribution is 7.89. The monoisotopic (exact) mass is 445 g/mol. The maximum Gasteiger partial charge on any atom is 0.252 e. The van der Waals surface area contributed by atoms with E-state index in [1.165, 1.54) is 22.5 Å². The van der Waals surface area contributed by atoms with Crippen molar-refractivity contribution in [2.75, 3.05) is 13.1 Å². The van der Waals surface area contributed by atoms with E-state index in [1.807, 2.05) is 30.3 Å². The molecule has 0 spiro atoms. The van der Waals surface area contributed by atoms with Gasteiger partial charge in [-0.25, -0.2) is 12.8 Å². The summed E-state index contributed by atoms with van der Waals surface area (Å²) in [5.41, 5.74) is 1.37. The molecule has 0 N–H and O–H groups in total. The van der Waals surface area contributed by atoms with E-state index in [4.69, 9.17) is 9.26 Å². The summed E-state index contributed by atoms with van der Waals surface area (Å²) in [6, 6.07) is 13.7. The van der Waals surface area contributed by atoms with Crippen LogP contribution in [-0.4, -0.2) is 36.0 Å². The molecule has 0 amide bonds. The Morgan fingerprint density at radius 2 is 1.87 bits per heavy atom. The molecule has 0 unspecified atom stereocenters. The van der Waals surface area contributed by atoms with Crippen molar-refractivity contribution in [1.82, 2.24) is 14.4 Å². The number of aryl methyl sites for hydroxylation is 1. The van der Waals surface area contributed by atoms with Gasteiger partial charge in [0.25, 0.3) is 5.89 Å². The molecule has 3 aromatic rings. The van der Waals surface area contributed by atoms with Gasteiger partial charge in [0.15, 0.2) is 5.82 Å². The number of benzene rings is 2. The number of halogens is 1. The molecule has 1 aromatic heterocycles. The molecule has 0 atom stereocenters. The average molecular weight is 446 g/mol. The Balaban J connectivity index is 1.32. The Morgan fingerprint density at radius 1 is 1.13 bits per heavy atom. The lowest BCUT2D eigenvalue weighted by atomic mass is 9.98. The van der Waals surface area contributed by atoms with Gasteiger partial charge in [-0.3, -0.25) is 0 Å². The normalized spacial score (nSPS) is 15.9. The molecule has 0 saturated carbocycles. The molecule has 164 valence electrons. The molecule has 0 radical (unpaired) electrons. The van der Waals surface area contributed by atoms with Crippen LogP contribution in [0.25, 0.3) is 0 Å². The van der Waals surface area contributed by atoms with E-state index in [0.717, 1.165) is 5.56 Å². The van der Waals surface area contributed by atoms with Crippen LogP contribution < -0.4 is 0 Å². The van der Waals surface area contributed by atoms with E-state index in [1.54, 1.807) is 6.92 Å². The predicted molar refractivity (Wildman–Crippen MR) is 111 cm³/mol. The zero-order valence-corrected chi connectivity index (χ0v) is 18.0. The summed E-state index contributed by atoms with van der Waals surface area (Å²) in [7, 11) is -3.66. The van der Waals surface area contributed by atoms with Crippen LogP contribution >= 0.6 is 0 Å². The largest absolute Gasteiger partial charge is 0.367 e. The lowest BCUT2D eigenvalue weighted by Gasteiger charge is -2.29. The quantitative estimate of drug-likeness (QED) is 0.550. The molecule has 0 bridgehead atoms. The smallest absolute Gasteiger partial charge is 0.252 e. The van der Waals surface area contributed by atoms with E-state index >= 15 is 0 Å². The van der Waals surface area contributed by atoms with Gasteiger partial charge in [-0.1, -0.05) is 35.5 Å². The van der Waals surface area contributed by atoms with Crippen molar-refractivity contribution >= 4 is 10.0 Å². The third-order valence-corrected chi connectivity index (χ3v) is 7.30. The minimum absolute atomic E-state index is 0.0213. The summed E-state index contributed by atoms with van der Waals surface area (Å²) in [6.07, 6.45) is 1.17. The molecular formula is C22H24FN3O4S. The van der Waals surface area contributed by atoms with Gasteiger partial charge in [0, 0.05) is 19.0 Å². The van der Waals surface area contributed by atoms with Crippen LogP contribution in [0.2, 0.25) is 0 Å². The number of piperidine rings is 1. The van der Waals surface area contributed by atoms with Crippen molar-refractivity contribution in [3.05, 3.63) is 77.2 Å². The molecule has 4 rings (SSSR count). The second-order valence-corrected chi connectivity index (χ2v) is 9.55. The van der Waals surface area contributed by atoms with Gasteiger partial charge in [-0.15, -0.1) is 0 Å². The average Bonchev–Trinajstić information content (AvgIpc) is 3.25. The highest BCUT2D eigenvalue weighted by atomic mass is 32.2.